The number of ether oxygens (including phenoxy) is 1. The molecule has 0 aliphatic heterocycles. The summed E-state index contributed by atoms with van der Waals surface area (Å²) < 4.78 is 5.17. The summed E-state index contributed by atoms with van der Waals surface area (Å²) in [4.78, 5) is 53.3. The summed E-state index contributed by atoms with van der Waals surface area (Å²) in [5.41, 5.74) is 4.94. The van der Waals surface area contributed by atoms with Crippen LogP contribution in [-0.2, 0) is 36.8 Å². The second-order valence-corrected chi connectivity index (χ2v) is 11.3. The molecule has 3 atom stereocenters. The number of esters is 1. The van der Waals surface area contributed by atoms with Crippen LogP contribution < -0.4 is 5.32 Å². The number of carbonyl (C=O) groups excluding carboxylic acids is 3. The molecule has 3 aromatic carbocycles. The second-order valence-electron chi connectivity index (χ2n) is 11.3. The fourth-order valence-electron chi connectivity index (χ4n) is 5.49. The monoisotopic (exact) mass is 596 g/mol. The molecule has 4 rings (SSSR count). The third-order valence-electron chi connectivity index (χ3n) is 7.83. The van der Waals surface area contributed by atoms with E-state index in [4.69, 9.17) is 4.74 Å². The first-order chi connectivity index (χ1) is 21.2. The Bertz CT molecular complexity index is 1560. The van der Waals surface area contributed by atoms with Crippen molar-refractivity contribution >= 4 is 34.5 Å². The van der Waals surface area contributed by atoms with Gasteiger partial charge in [-0.05, 0) is 54.5 Å². The van der Waals surface area contributed by atoms with E-state index < -0.39 is 17.8 Å². The van der Waals surface area contributed by atoms with E-state index in [-0.39, 0.29) is 56.0 Å². The number of H-pyrrole nitrogens is 1. The van der Waals surface area contributed by atoms with Crippen LogP contribution in [0.4, 0.5) is 0 Å². The maximum Gasteiger partial charge on any atom is 0.308 e. The molecule has 0 spiro atoms. The Hall–Kier alpha value is -4.72. The molecule has 0 fully saturated rings. The predicted molar refractivity (Wildman–Crippen MR) is 170 cm³/mol. The molecule has 0 radical (unpaired) electrons. The number of carboxylic acids is 1. The van der Waals surface area contributed by atoms with Crippen LogP contribution in [0.5, 0.6) is 0 Å². The highest BCUT2D eigenvalue weighted by Gasteiger charge is 2.25. The summed E-state index contributed by atoms with van der Waals surface area (Å²) in [6.45, 7) is 3.81. The average Bonchev–Trinajstić information content (AvgIpc) is 3.43. The lowest BCUT2D eigenvalue weighted by molar-refractivity contribution is -0.148. The van der Waals surface area contributed by atoms with E-state index in [2.05, 4.69) is 10.3 Å². The number of amides is 1. The third-order valence-corrected chi connectivity index (χ3v) is 7.83. The Morgan fingerprint density at radius 2 is 1.55 bits per heavy atom. The molecule has 230 valence electrons. The average molecular weight is 597 g/mol. The van der Waals surface area contributed by atoms with E-state index in [1.807, 2.05) is 78.9 Å². The van der Waals surface area contributed by atoms with Crippen molar-refractivity contribution in [1.82, 2.24) is 10.3 Å². The van der Waals surface area contributed by atoms with Crippen LogP contribution in [0.3, 0.4) is 0 Å². The molecular formula is C36H40N2O6. The number of rotatable bonds is 16. The van der Waals surface area contributed by atoms with Gasteiger partial charge in [0.05, 0.1) is 18.4 Å². The Morgan fingerprint density at radius 1 is 0.864 bits per heavy atom. The van der Waals surface area contributed by atoms with Gasteiger partial charge < -0.3 is 20.1 Å². The minimum atomic E-state index is -1.04. The van der Waals surface area contributed by atoms with E-state index in [0.717, 1.165) is 33.2 Å². The van der Waals surface area contributed by atoms with Gasteiger partial charge in [-0.15, -0.1) is 0 Å². The first kappa shape index (κ1) is 32.2. The Labute approximate surface area is 257 Å². The lowest BCUT2D eigenvalue weighted by atomic mass is 9.92. The highest BCUT2D eigenvalue weighted by atomic mass is 16.5. The summed E-state index contributed by atoms with van der Waals surface area (Å²) in [6.07, 6.45) is 2.61. The zero-order valence-corrected chi connectivity index (χ0v) is 25.3. The van der Waals surface area contributed by atoms with E-state index in [1.165, 1.54) is 0 Å². The van der Waals surface area contributed by atoms with Crippen LogP contribution in [0.2, 0.25) is 0 Å². The number of aromatic amines is 1. The van der Waals surface area contributed by atoms with E-state index >= 15 is 0 Å². The highest BCUT2D eigenvalue weighted by molar-refractivity contribution is 5.88. The minimum absolute atomic E-state index is 0.0600. The number of carbonyl (C=O) groups is 4. The van der Waals surface area contributed by atoms with Gasteiger partial charge in [0.25, 0.3) is 0 Å². The molecule has 1 aromatic heterocycles. The number of fused-ring (bicyclic) bond motifs is 1. The fraction of sp³-hybridized carbons (Fsp3) is 0.333. The predicted octanol–water partition coefficient (Wildman–Crippen LogP) is 6.13. The number of aliphatic carboxylic acids is 1. The molecule has 8 nitrogen and oxygen atoms in total. The zero-order valence-electron chi connectivity index (χ0n) is 25.3. The smallest absolute Gasteiger partial charge is 0.308 e. The third kappa shape index (κ3) is 9.14. The molecule has 0 saturated heterocycles. The summed E-state index contributed by atoms with van der Waals surface area (Å²) in [6, 6.07) is 25.4. The SMILES string of the molecule is CCOC(=O)[C@H](C)C[C@@H](Cc1ccc(-c2ccccc2)cc1)NC(=O)CCC(=O)C[C@@H](Cc1c[nH]c2ccccc12)C(=O)O. The van der Waals surface area contributed by atoms with Crippen molar-refractivity contribution in [3.05, 3.63) is 96.2 Å². The molecule has 44 heavy (non-hydrogen) atoms. The number of benzene rings is 3. The van der Waals surface area contributed by atoms with Gasteiger partial charge in [-0.3, -0.25) is 19.2 Å². The summed E-state index contributed by atoms with van der Waals surface area (Å²) in [5, 5.41) is 13.7. The number of hydrogen-bond donors (Lipinski definition) is 3. The van der Waals surface area contributed by atoms with Gasteiger partial charge >= 0.3 is 11.9 Å². The molecule has 0 aliphatic carbocycles. The van der Waals surface area contributed by atoms with Gasteiger partial charge in [0, 0.05) is 42.4 Å². The summed E-state index contributed by atoms with van der Waals surface area (Å²) >= 11 is 0. The van der Waals surface area contributed by atoms with E-state index in [1.54, 1.807) is 20.0 Å². The first-order valence-electron chi connectivity index (χ1n) is 15.1. The molecule has 0 aliphatic rings. The lowest BCUT2D eigenvalue weighted by Gasteiger charge is -2.22. The molecule has 3 N–H and O–H groups in total. The Morgan fingerprint density at radius 3 is 2.25 bits per heavy atom. The van der Waals surface area contributed by atoms with Gasteiger partial charge in [0.2, 0.25) is 5.91 Å². The van der Waals surface area contributed by atoms with Crippen LogP contribution >= 0.6 is 0 Å². The molecule has 0 bridgehead atoms. The second kappa shape index (κ2) is 15.7. The summed E-state index contributed by atoms with van der Waals surface area (Å²) in [5.74, 6) is -3.27. The number of para-hydroxylation sites is 1. The molecule has 4 aromatic rings. The van der Waals surface area contributed by atoms with Crippen LogP contribution in [0.1, 0.15) is 50.7 Å². The van der Waals surface area contributed by atoms with Gasteiger partial charge in [0.15, 0.2) is 0 Å². The van der Waals surface area contributed by atoms with Gasteiger partial charge in [-0.2, -0.15) is 0 Å². The number of hydrogen-bond acceptors (Lipinski definition) is 5. The maximum atomic E-state index is 13.0. The van der Waals surface area contributed by atoms with Crippen molar-refractivity contribution in [2.75, 3.05) is 6.61 Å². The van der Waals surface area contributed by atoms with Crippen molar-refractivity contribution in [3.63, 3.8) is 0 Å². The maximum absolute atomic E-state index is 13.0. The summed E-state index contributed by atoms with van der Waals surface area (Å²) in [7, 11) is 0. The van der Waals surface area contributed by atoms with E-state index in [9.17, 15) is 24.3 Å². The first-order valence-corrected chi connectivity index (χ1v) is 15.1. The number of nitrogens with one attached hydrogen (secondary N) is 2. The largest absolute Gasteiger partial charge is 0.481 e. The van der Waals surface area contributed by atoms with Crippen molar-refractivity contribution in [3.8, 4) is 11.1 Å². The van der Waals surface area contributed by atoms with E-state index in [0.29, 0.717) is 12.8 Å². The molecular weight excluding hydrogens is 556 g/mol. The van der Waals surface area contributed by atoms with Gasteiger partial charge in [0.1, 0.15) is 5.78 Å². The zero-order chi connectivity index (χ0) is 31.5. The van der Waals surface area contributed by atoms with Crippen molar-refractivity contribution < 1.29 is 29.0 Å². The van der Waals surface area contributed by atoms with Gasteiger partial charge in [-0.1, -0.05) is 79.7 Å². The van der Waals surface area contributed by atoms with Crippen LogP contribution in [0.25, 0.3) is 22.0 Å². The molecule has 0 unspecified atom stereocenters. The fourth-order valence-corrected chi connectivity index (χ4v) is 5.49. The number of carboxylic acid groups (broad SMARTS) is 1. The number of aromatic nitrogens is 1. The van der Waals surface area contributed by atoms with Crippen LogP contribution in [-0.4, -0.2) is 46.4 Å². The topological polar surface area (TPSA) is 126 Å². The normalized spacial score (nSPS) is 13.1. The van der Waals surface area contributed by atoms with Gasteiger partial charge in [-0.25, -0.2) is 0 Å². The quantitative estimate of drug-likeness (QED) is 0.134. The molecule has 1 heterocycles. The number of Topliss-reactive ketones (excluding diaryl/α,β-unsaturated/α-hetero) is 1. The molecule has 1 amide bonds. The Balaban J connectivity index is 1.35. The van der Waals surface area contributed by atoms with Crippen molar-refractivity contribution in [2.45, 2.75) is 58.4 Å². The molecule has 0 saturated carbocycles. The number of ketones is 1. The van der Waals surface area contributed by atoms with Crippen LogP contribution in [0.15, 0.2) is 85.1 Å². The van der Waals surface area contributed by atoms with Crippen molar-refractivity contribution in [1.29, 1.82) is 0 Å². The van der Waals surface area contributed by atoms with Crippen LogP contribution in [0, 0.1) is 11.8 Å². The van der Waals surface area contributed by atoms with Crippen molar-refractivity contribution in [2.24, 2.45) is 11.8 Å². The Kier molecular flexibility index (Phi) is 11.5. The standard InChI is InChI=1S/C36H40N2O6/c1-3-44-36(43)24(2)19-30(20-25-13-15-27(16-14-25)26-9-5-4-6-10-26)38-34(40)18-17-31(39)22-28(35(41)42)21-29-23-37-33-12-8-7-11-32(29)33/h4-16,23-24,28,30,37H,3,17-22H2,1-2H3,(H,38,40)(H,41,42)/t24-,28-,30+/m1/s1. The minimum Gasteiger partial charge on any atom is -0.481 e. The highest BCUT2D eigenvalue weighted by Crippen LogP contribution is 2.24. The lowest BCUT2D eigenvalue weighted by Crippen LogP contribution is -2.39. The molecule has 8 heteroatoms.